The standard InChI is InChI=1S/C19H36N2/c1-5-17(6-2)21(4)13-18(20-3)19-10-14-7-15(11-19)9-16(8-14)12-19/h14-18,20H,5-13H2,1-4H3. The number of rotatable bonds is 7. The van der Waals surface area contributed by atoms with E-state index < -0.39 is 0 Å². The van der Waals surface area contributed by atoms with E-state index in [0.29, 0.717) is 11.5 Å². The zero-order chi connectivity index (χ0) is 15.0. The average Bonchev–Trinajstić information content (AvgIpc) is 2.44. The minimum atomic E-state index is 0.629. The van der Waals surface area contributed by atoms with E-state index in [0.717, 1.165) is 23.8 Å². The van der Waals surface area contributed by atoms with Gasteiger partial charge in [0.25, 0.3) is 0 Å². The summed E-state index contributed by atoms with van der Waals surface area (Å²) >= 11 is 0. The molecule has 4 bridgehead atoms. The van der Waals surface area contributed by atoms with E-state index >= 15 is 0 Å². The number of hydrogen-bond acceptors (Lipinski definition) is 2. The van der Waals surface area contributed by atoms with E-state index in [9.17, 15) is 0 Å². The van der Waals surface area contributed by atoms with Crippen LogP contribution in [-0.2, 0) is 0 Å². The van der Waals surface area contributed by atoms with Gasteiger partial charge in [-0.15, -0.1) is 0 Å². The zero-order valence-corrected chi connectivity index (χ0v) is 14.7. The molecule has 1 unspecified atom stereocenters. The summed E-state index contributed by atoms with van der Waals surface area (Å²) in [5.41, 5.74) is 0.629. The Bertz CT molecular complexity index is 312. The SMILES string of the molecule is CCC(CC)N(C)CC(NC)C12CC3CC(CC(C3)C1)C2. The molecule has 4 aliphatic rings. The summed E-state index contributed by atoms with van der Waals surface area (Å²) in [6.45, 7) is 5.92. The maximum Gasteiger partial charge on any atom is 0.0248 e. The van der Waals surface area contributed by atoms with Gasteiger partial charge in [-0.05, 0) is 88.6 Å². The third-order valence-corrected chi connectivity index (χ3v) is 7.21. The second-order valence-electron chi connectivity index (χ2n) is 8.53. The zero-order valence-electron chi connectivity index (χ0n) is 14.7. The molecule has 2 heteroatoms. The lowest BCUT2D eigenvalue weighted by Crippen LogP contribution is -2.58. The molecule has 1 N–H and O–H groups in total. The van der Waals surface area contributed by atoms with Gasteiger partial charge in [-0.1, -0.05) is 13.8 Å². The fourth-order valence-corrected chi connectivity index (χ4v) is 6.54. The summed E-state index contributed by atoms with van der Waals surface area (Å²) in [7, 11) is 4.56. The van der Waals surface area contributed by atoms with E-state index in [1.165, 1.54) is 38.6 Å². The lowest BCUT2D eigenvalue weighted by Gasteiger charge is -2.60. The Kier molecular flexibility index (Phi) is 4.66. The molecule has 0 amide bonds. The molecule has 0 aromatic carbocycles. The normalized spacial score (nSPS) is 39.4. The molecule has 0 radical (unpaired) electrons. The highest BCUT2D eigenvalue weighted by molar-refractivity contribution is 5.06. The van der Waals surface area contributed by atoms with E-state index in [2.05, 4.69) is 38.2 Å². The summed E-state index contributed by atoms with van der Waals surface area (Å²) in [6.07, 6.45) is 11.8. The molecule has 0 heterocycles. The van der Waals surface area contributed by atoms with Gasteiger partial charge >= 0.3 is 0 Å². The topological polar surface area (TPSA) is 15.3 Å². The maximum absolute atomic E-state index is 3.75. The van der Waals surface area contributed by atoms with Gasteiger partial charge < -0.3 is 10.2 Å². The van der Waals surface area contributed by atoms with Gasteiger partial charge in [0.05, 0.1) is 0 Å². The van der Waals surface area contributed by atoms with Crippen LogP contribution in [0, 0.1) is 23.2 Å². The van der Waals surface area contributed by atoms with Crippen LogP contribution in [0.5, 0.6) is 0 Å². The third-order valence-electron chi connectivity index (χ3n) is 7.21. The molecule has 1 atom stereocenters. The van der Waals surface area contributed by atoms with E-state index in [1.54, 1.807) is 19.3 Å². The van der Waals surface area contributed by atoms with E-state index in [-0.39, 0.29) is 0 Å². The molecular formula is C19H36N2. The van der Waals surface area contributed by atoms with Crippen molar-refractivity contribution in [2.24, 2.45) is 23.2 Å². The summed E-state index contributed by atoms with van der Waals surface area (Å²) in [4.78, 5) is 2.64. The first-order valence-corrected chi connectivity index (χ1v) is 9.47. The highest BCUT2D eigenvalue weighted by Gasteiger charge is 2.53. The number of nitrogens with zero attached hydrogens (tertiary/aromatic N) is 1. The molecule has 0 spiro atoms. The van der Waals surface area contributed by atoms with E-state index in [4.69, 9.17) is 0 Å². The van der Waals surface area contributed by atoms with Gasteiger partial charge in [-0.25, -0.2) is 0 Å². The van der Waals surface area contributed by atoms with Gasteiger partial charge in [0.1, 0.15) is 0 Å². The van der Waals surface area contributed by atoms with Gasteiger partial charge in [0.15, 0.2) is 0 Å². The smallest absolute Gasteiger partial charge is 0.0248 e. The fraction of sp³-hybridized carbons (Fsp3) is 1.00. The lowest BCUT2D eigenvalue weighted by molar-refractivity contribution is -0.0781. The van der Waals surface area contributed by atoms with Crippen molar-refractivity contribution in [3.63, 3.8) is 0 Å². The Morgan fingerprint density at radius 1 is 1.00 bits per heavy atom. The first-order chi connectivity index (χ1) is 10.1. The summed E-state index contributed by atoms with van der Waals surface area (Å²) < 4.78 is 0. The van der Waals surface area contributed by atoms with Crippen molar-refractivity contribution in [1.82, 2.24) is 10.2 Å². The van der Waals surface area contributed by atoms with Gasteiger partial charge in [-0.2, -0.15) is 0 Å². The molecule has 2 nitrogen and oxygen atoms in total. The average molecular weight is 293 g/mol. The van der Waals surface area contributed by atoms with Crippen molar-refractivity contribution in [3.8, 4) is 0 Å². The van der Waals surface area contributed by atoms with Crippen LogP contribution in [0.4, 0.5) is 0 Å². The van der Waals surface area contributed by atoms with Crippen LogP contribution in [0.1, 0.15) is 65.2 Å². The van der Waals surface area contributed by atoms with Gasteiger partial charge in [-0.3, -0.25) is 0 Å². The molecule has 0 saturated heterocycles. The second kappa shape index (κ2) is 6.20. The predicted octanol–water partition coefficient (Wildman–Crippen LogP) is 3.91. The van der Waals surface area contributed by atoms with Crippen molar-refractivity contribution in [2.45, 2.75) is 77.3 Å². The molecule has 4 aliphatic carbocycles. The van der Waals surface area contributed by atoms with Crippen LogP contribution < -0.4 is 5.32 Å². The van der Waals surface area contributed by atoms with Crippen LogP contribution in [0.3, 0.4) is 0 Å². The largest absolute Gasteiger partial charge is 0.315 e. The van der Waals surface area contributed by atoms with Crippen LogP contribution >= 0.6 is 0 Å². The lowest BCUT2D eigenvalue weighted by atomic mass is 9.47. The molecule has 21 heavy (non-hydrogen) atoms. The first kappa shape index (κ1) is 15.8. The Balaban J connectivity index is 1.71. The third kappa shape index (κ3) is 2.91. The van der Waals surface area contributed by atoms with Crippen molar-refractivity contribution >= 4 is 0 Å². The highest BCUT2D eigenvalue weighted by atomic mass is 15.2. The Hall–Kier alpha value is -0.0800. The number of hydrogen-bond donors (Lipinski definition) is 1. The molecule has 4 fully saturated rings. The molecule has 4 saturated carbocycles. The second-order valence-corrected chi connectivity index (χ2v) is 8.53. The minimum absolute atomic E-state index is 0.629. The Morgan fingerprint density at radius 2 is 1.48 bits per heavy atom. The first-order valence-electron chi connectivity index (χ1n) is 9.47. The Morgan fingerprint density at radius 3 is 1.86 bits per heavy atom. The van der Waals surface area contributed by atoms with Crippen molar-refractivity contribution in [2.75, 3.05) is 20.6 Å². The van der Waals surface area contributed by atoms with Crippen molar-refractivity contribution in [3.05, 3.63) is 0 Å². The van der Waals surface area contributed by atoms with Crippen molar-refractivity contribution < 1.29 is 0 Å². The monoisotopic (exact) mass is 292 g/mol. The molecular weight excluding hydrogens is 256 g/mol. The van der Waals surface area contributed by atoms with Crippen LogP contribution in [-0.4, -0.2) is 37.6 Å². The molecule has 0 aromatic rings. The fourth-order valence-electron chi connectivity index (χ4n) is 6.54. The molecule has 0 aliphatic heterocycles. The molecule has 4 rings (SSSR count). The van der Waals surface area contributed by atoms with Gasteiger partial charge in [0, 0.05) is 18.6 Å². The molecule has 0 aromatic heterocycles. The highest BCUT2D eigenvalue weighted by Crippen LogP contribution is 2.61. The summed E-state index contributed by atoms with van der Waals surface area (Å²) in [6, 6.07) is 1.46. The number of nitrogens with one attached hydrogen (secondary N) is 1. The van der Waals surface area contributed by atoms with Crippen LogP contribution in [0.15, 0.2) is 0 Å². The number of likely N-dealkylation sites (N-methyl/N-ethyl adjacent to an activating group) is 2. The van der Waals surface area contributed by atoms with Gasteiger partial charge in [0.2, 0.25) is 0 Å². The maximum atomic E-state index is 3.75. The predicted molar refractivity (Wildman–Crippen MR) is 90.5 cm³/mol. The minimum Gasteiger partial charge on any atom is -0.315 e. The quantitative estimate of drug-likeness (QED) is 0.765. The Labute approximate surface area is 132 Å². The van der Waals surface area contributed by atoms with Crippen molar-refractivity contribution in [1.29, 1.82) is 0 Å². The summed E-state index contributed by atoms with van der Waals surface area (Å²) in [5, 5.41) is 3.75. The van der Waals surface area contributed by atoms with Crippen LogP contribution in [0.25, 0.3) is 0 Å². The van der Waals surface area contributed by atoms with Crippen LogP contribution in [0.2, 0.25) is 0 Å². The van der Waals surface area contributed by atoms with E-state index in [1.807, 2.05) is 0 Å². The molecule has 122 valence electrons. The summed E-state index contributed by atoms with van der Waals surface area (Å²) in [5.74, 6) is 3.18.